The van der Waals surface area contributed by atoms with E-state index in [0.717, 1.165) is 44.4 Å². The monoisotopic (exact) mass is 238 g/mol. The van der Waals surface area contributed by atoms with E-state index in [9.17, 15) is 0 Å². The fourth-order valence-electron chi connectivity index (χ4n) is 2.20. The molecule has 2 heterocycles. The number of hydrogen-bond donors (Lipinski definition) is 1. The molecule has 0 spiro atoms. The van der Waals surface area contributed by atoms with Crippen LogP contribution in [0.25, 0.3) is 0 Å². The molecule has 1 aliphatic heterocycles. The third kappa shape index (κ3) is 3.09. The number of nitrogens with zero attached hydrogens (tertiary/aromatic N) is 1. The Hall–Kier alpha value is -0.840. The zero-order valence-corrected chi connectivity index (χ0v) is 11.0. The van der Waals surface area contributed by atoms with Gasteiger partial charge in [0.1, 0.15) is 11.5 Å². The van der Waals surface area contributed by atoms with Gasteiger partial charge in [0.05, 0.1) is 26.3 Å². The highest BCUT2D eigenvalue weighted by Gasteiger charge is 2.20. The Morgan fingerprint density at radius 2 is 2.35 bits per heavy atom. The molecule has 1 aliphatic rings. The molecule has 1 fully saturated rings. The van der Waals surface area contributed by atoms with Crippen molar-refractivity contribution in [3.05, 3.63) is 23.2 Å². The van der Waals surface area contributed by atoms with Gasteiger partial charge in [0.25, 0.3) is 0 Å². The zero-order valence-electron chi connectivity index (χ0n) is 11.0. The van der Waals surface area contributed by atoms with Crippen LogP contribution in [-0.2, 0) is 17.8 Å². The summed E-state index contributed by atoms with van der Waals surface area (Å²) in [7, 11) is 1.94. The molecule has 0 radical (unpaired) electrons. The Balaban J connectivity index is 2.00. The van der Waals surface area contributed by atoms with Gasteiger partial charge >= 0.3 is 0 Å². The predicted octanol–water partition coefficient (Wildman–Crippen LogP) is 1.53. The second-order valence-corrected chi connectivity index (χ2v) is 4.74. The van der Waals surface area contributed by atoms with Gasteiger partial charge in [-0.15, -0.1) is 0 Å². The lowest BCUT2D eigenvalue weighted by Crippen LogP contribution is -2.42. The molecule has 96 valence electrons. The molecule has 17 heavy (non-hydrogen) atoms. The lowest BCUT2D eigenvalue weighted by atomic mass is 10.2. The number of nitrogens with one attached hydrogen (secondary N) is 1. The molecule has 1 aromatic rings. The Morgan fingerprint density at radius 1 is 1.53 bits per heavy atom. The van der Waals surface area contributed by atoms with Gasteiger partial charge in [-0.05, 0) is 32.5 Å². The van der Waals surface area contributed by atoms with E-state index in [2.05, 4.69) is 30.1 Å². The van der Waals surface area contributed by atoms with Gasteiger partial charge in [-0.1, -0.05) is 0 Å². The standard InChI is InChI=1S/C13H22N2O2/c1-10-6-12(17-13(10)7-14-3)8-15-4-5-16-9-11(15)2/h6,11,14H,4-5,7-9H2,1-3H3. The van der Waals surface area contributed by atoms with Crippen molar-refractivity contribution in [2.24, 2.45) is 0 Å². The minimum Gasteiger partial charge on any atom is -0.463 e. The highest BCUT2D eigenvalue weighted by atomic mass is 16.5. The average Bonchev–Trinajstić information content (AvgIpc) is 2.63. The Kier molecular flexibility index (Phi) is 4.20. The maximum atomic E-state index is 5.86. The van der Waals surface area contributed by atoms with Crippen molar-refractivity contribution in [3.8, 4) is 0 Å². The van der Waals surface area contributed by atoms with Crippen molar-refractivity contribution in [2.45, 2.75) is 33.0 Å². The van der Waals surface area contributed by atoms with Gasteiger partial charge in [0.2, 0.25) is 0 Å². The van der Waals surface area contributed by atoms with E-state index >= 15 is 0 Å². The first kappa shape index (κ1) is 12.6. The lowest BCUT2D eigenvalue weighted by molar-refractivity contribution is -0.00721. The third-order valence-electron chi connectivity index (χ3n) is 3.27. The van der Waals surface area contributed by atoms with E-state index in [1.54, 1.807) is 0 Å². The van der Waals surface area contributed by atoms with Crippen molar-refractivity contribution in [3.63, 3.8) is 0 Å². The van der Waals surface area contributed by atoms with Crippen LogP contribution in [0.4, 0.5) is 0 Å². The molecule has 4 nitrogen and oxygen atoms in total. The van der Waals surface area contributed by atoms with Crippen molar-refractivity contribution < 1.29 is 9.15 Å². The summed E-state index contributed by atoms with van der Waals surface area (Å²) in [5.41, 5.74) is 1.23. The van der Waals surface area contributed by atoms with Crippen LogP contribution in [0.15, 0.2) is 10.5 Å². The molecule has 1 atom stereocenters. The minimum absolute atomic E-state index is 0.474. The number of hydrogen-bond acceptors (Lipinski definition) is 4. The first-order chi connectivity index (χ1) is 8.20. The quantitative estimate of drug-likeness (QED) is 0.863. The lowest BCUT2D eigenvalue weighted by Gasteiger charge is -2.32. The highest BCUT2D eigenvalue weighted by Crippen LogP contribution is 2.18. The summed E-state index contributed by atoms with van der Waals surface area (Å²) < 4.78 is 11.3. The van der Waals surface area contributed by atoms with Gasteiger partial charge in [0.15, 0.2) is 0 Å². The third-order valence-corrected chi connectivity index (χ3v) is 3.27. The first-order valence-electron chi connectivity index (χ1n) is 6.25. The number of rotatable bonds is 4. The molecule has 2 rings (SSSR count). The zero-order chi connectivity index (χ0) is 12.3. The van der Waals surface area contributed by atoms with Gasteiger partial charge in [0, 0.05) is 12.6 Å². The van der Waals surface area contributed by atoms with Crippen LogP contribution in [0.3, 0.4) is 0 Å². The number of furan rings is 1. The fourth-order valence-corrected chi connectivity index (χ4v) is 2.20. The topological polar surface area (TPSA) is 37.6 Å². The Labute approximate surface area is 103 Å². The van der Waals surface area contributed by atoms with Crippen LogP contribution in [0.2, 0.25) is 0 Å². The second-order valence-electron chi connectivity index (χ2n) is 4.74. The molecule has 0 amide bonds. The van der Waals surface area contributed by atoms with Crippen LogP contribution in [0, 0.1) is 6.92 Å². The van der Waals surface area contributed by atoms with E-state index in [1.807, 2.05) is 7.05 Å². The number of morpholine rings is 1. The number of aryl methyl sites for hydroxylation is 1. The summed E-state index contributed by atoms with van der Waals surface area (Å²) in [5, 5.41) is 3.12. The molecule has 4 heteroatoms. The van der Waals surface area contributed by atoms with Crippen LogP contribution in [-0.4, -0.2) is 37.7 Å². The van der Waals surface area contributed by atoms with Crippen molar-refractivity contribution in [2.75, 3.05) is 26.8 Å². The summed E-state index contributed by atoms with van der Waals surface area (Å²) in [5.74, 6) is 2.10. The van der Waals surface area contributed by atoms with Gasteiger partial charge in [-0.25, -0.2) is 0 Å². The van der Waals surface area contributed by atoms with Gasteiger partial charge in [-0.3, -0.25) is 4.90 Å². The molecule has 1 unspecified atom stereocenters. The predicted molar refractivity (Wildman–Crippen MR) is 66.9 cm³/mol. The van der Waals surface area contributed by atoms with E-state index in [4.69, 9.17) is 9.15 Å². The van der Waals surface area contributed by atoms with Crippen molar-refractivity contribution in [1.29, 1.82) is 0 Å². The summed E-state index contributed by atoms with van der Waals surface area (Å²) in [6.07, 6.45) is 0. The Morgan fingerprint density at radius 3 is 3.06 bits per heavy atom. The molecular weight excluding hydrogens is 216 g/mol. The van der Waals surface area contributed by atoms with Crippen LogP contribution in [0.1, 0.15) is 24.0 Å². The molecule has 1 N–H and O–H groups in total. The normalized spacial score (nSPS) is 21.9. The number of ether oxygens (including phenoxy) is 1. The molecule has 0 aromatic carbocycles. The summed E-state index contributed by atoms with van der Waals surface area (Å²) >= 11 is 0. The van der Waals surface area contributed by atoms with Crippen molar-refractivity contribution in [1.82, 2.24) is 10.2 Å². The molecular formula is C13H22N2O2. The minimum atomic E-state index is 0.474. The second kappa shape index (κ2) is 5.67. The highest BCUT2D eigenvalue weighted by molar-refractivity contribution is 5.20. The van der Waals surface area contributed by atoms with E-state index in [0.29, 0.717) is 6.04 Å². The average molecular weight is 238 g/mol. The van der Waals surface area contributed by atoms with Gasteiger partial charge in [-0.2, -0.15) is 0 Å². The van der Waals surface area contributed by atoms with E-state index in [-0.39, 0.29) is 0 Å². The van der Waals surface area contributed by atoms with Gasteiger partial charge < -0.3 is 14.5 Å². The summed E-state index contributed by atoms with van der Waals surface area (Å²) in [6, 6.07) is 2.62. The molecule has 0 aliphatic carbocycles. The largest absolute Gasteiger partial charge is 0.463 e. The molecule has 1 saturated heterocycles. The maximum Gasteiger partial charge on any atom is 0.120 e. The van der Waals surface area contributed by atoms with Crippen LogP contribution < -0.4 is 5.32 Å². The van der Waals surface area contributed by atoms with Crippen molar-refractivity contribution >= 4 is 0 Å². The summed E-state index contributed by atoms with van der Waals surface area (Å²) in [4.78, 5) is 2.41. The van der Waals surface area contributed by atoms with E-state index in [1.165, 1.54) is 5.56 Å². The molecule has 0 saturated carbocycles. The van der Waals surface area contributed by atoms with Crippen LogP contribution in [0.5, 0.6) is 0 Å². The van der Waals surface area contributed by atoms with Crippen LogP contribution >= 0.6 is 0 Å². The maximum absolute atomic E-state index is 5.86. The Bertz CT molecular complexity index is 362. The smallest absolute Gasteiger partial charge is 0.120 e. The van der Waals surface area contributed by atoms with E-state index < -0.39 is 0 Å². The molecule has 0 bridgehead atoms. The fraction of sp³-hybridized carbons (Fsp3) is 0.692. The first-order valence-corrected chi connectivity index (χ1v) is 6.25. The molecule has 1 aromatic heterocycles. The SMILES string of the molecule is CNCc1oc(CN2CCOCC2C)cc1C. The summed E-state index contributed by atoms with van der Waals surface area (Å²) in [6.45, 7) is 8.62.